The van der Waals surface area contributed by atoms with Gasteiger partial charge in [0.1, 0.15) is 17.2 Å². The van der Waals surface area contributed by atoms with Crippen molar-refractivity contribution in [2.75, 3.05) is 6.61 Å². The SMILES string of the molecule is CCOc1cccc(Oc2cccc(C(N)CC)c2)c1. The summed E-state index contributed by atoms with van der Waals surface area (Å²) in [5.74, 6) is 2.37. The van der Waals surface area contributed by atoms with Gasteiger partial charge in [-0.1, -0.05) is 25.1 Å². The second-order valence-electron chi connectivity index (χ2n) is 4.60. The molecule has 3 heteroatoms. The zero-order chi connectivity index (χ0) is 14.4. The fourth-order valence-corrected chi connectivity index (χ4v) is 1.97. The Morgan fingerprint density at radius 3 is 2.30 bits per heavy atom. The number of nitrogens with two attached hydrogens (primary N) is 1. The Morgan fingerprint density at radius 1 is 0.950 bits per heavy atom. The van der Waals surface area contributed by atoms with Crippen LogP contribution in [-0.2, 0) is 0 Å². The summed E-state index contributed by atoms with van der Waals surface area (Å²) in [4.78, 5) is 0. The maximum atomic E-state index is 6.04. The molecular weight excluding hydrogens is 250 g/mol. The molecule has 106 valence electrons. The molecule has 0 spiro atoms. The second-order valence-corrected chi connectivity index (χ2v) is 4.60. The molecule has 2 rings (SSSR count). The zero-order valence-corrected chi connectivity index (χ0v) is 12.0. The van der Waals surface area contributed by atoms with E-state index < -0.39 is 0 Å². The molecule has 0 aliphatic rings. The molecule has 3 nitrogen and oxygen atoms in total. The molecule has 0 amide bonds. The summed E-state index contributed by atoms with van der Waals surface area (Å²) >= 11 is 0. The predicted molar refractivity (Wildman–Crippen MR) is 81.3 cm³/mol. The van der Waals surface area contributed by atoms with Crippen molar-refractivity contribution < 1.29 is 9.47 Å². The Labute approximate surface area is 120 Å². The standard InChI is InChI=1S/C17H21NO2/c1-3-17(18)13-7-5-9-15(11-13)20-16-10-6-8-14(12-16)19-4-2/h5-12,17H,3-4,18H2,1-2H3. The first kappa shape index (κ1) is 14.4. The van der Waals surface area contributed by atoms with E-state index in [0.717, 1.165) is 29.2 Å². The highest BCUT2D eigenvalue weighted by Crippen LogP contribution is 2.27. The highest BCUT2D eigenvalue weighted by molar-refractivity contribution is 5.38. The van der Waals surface area contributed by atoms with Crippen molar-refractivity contribution in [3.8, 4) is 17.2 Å². The molecule has 0 saturated carbocycles. The van der Waals surface area contributed by atoms with E-state index in [1.165, 1.54) is 0 Å². The molecule has 0 bridgehead atoms. The fourth-order valence-electron chi connectivity index (χ4n) is 1.97. The molecule has 2 aromatic carbocycles. The Bertz CT molecular complexity index is 554. The van der Waals surface area contributed by atoms with E-state index in [4.69, 9.17) is 15.2 Å². The van der Waals surface area contributed by atoms with E-state index in [1.54, 1.807) is 0 Å². The van der Waals surface area contributed by atoms with Gasteiger partial charge < -0.3 is 15.2 Å². The minimum atomic E-state index is 0.0494. The molecule has 2 aromatic rings. The molecule has 0 radical (unpaired) electrons. The van der Waals surface area contributed by atoms with Crippen LogP contribution in [-0.4, -0.2) is 6.61 Å². The van der Waals surface area contributed by atoms with E-state index in [0.29, 0.717) is 6.61 Å². The lowest BCUT2D eigenvalue weighted by Gasteiger charge is -2.12. The Balaban J connectivity index is 2.15. The number of hydrogen-bond donors (Lipinski definition) is 1. The van der Waals surface area contributed by atoms with Crippen LogP contribution in [0.25, 0.3) is 0 Å². The lowest BCUT2D eigenvalue weighted by Crippen LogP contribution is -2.08. The summed E-state index contributed by atoms with van der Waals surface area (Å²) in [6.45, 7) is 4.68. The zero-order valence-electron chi connectivity index (χ0n) is 12.0. The average Bonchev–Trinajstić information content (AvgIpc) is 2.47. The molecule has 0 saturated heterocycles. The van der Waals surface area contributed by atoms with E-state index in [9.17, 15) is 0 Å². The van der Waals surface area contributed by atoms with E-state index in [1.807, 2.05) is 55.5 Å². The topological polar surface area (TPSA) is 44.5 Å². The largest absolute Gasteiger partial charge is 0.494 e. The van der Waals surface area contributed by atoms with Gasteiger partial charge in [0.25, 0.3) is 0 Å². The molecule has 0 aliphatic carbocycles. The van der Waals surface area contributed by atoms with Gasteiger partial charge in [0.2, 0.25) is 0 Å². The molecule has 1 atom stereocenters. The van der Waals surface area contributed by atoms with E-state index in [2.05, 4.69) is 6.92 Å². The van der Waals surface area contributed by atoms with Crippen molar-refractivity contribution in [2.24, 2.45) is 5.73 Å². The molecule has 20 heavy (non-hydrogen) atoms. The quantitative estimate of drug-likeness (QED) is 0.852. The number of benzene rings is 2. The Kier molecular flexibility index (Phi) is 5.02. The third-order valence-electron chi connectivity index (χ3n) is 3.08. The minimum Gasteiger partial charge on any atom is -0.494 e. The number of ether oxygens (including phenoxy) is 2. The number of rotatable bonds is 6. The first-order chi connectivity index (χ1) is 9.72. The Hall–Kier alpha value is -2.00. The second kappa shape index (κ2) is 6.96. The van der Waals surface area contributed by atoms with Crippen LogP contribution in [0.3, 0.4) is 0 Å². The van der Waals surface area contributed by atoms with Gasteiger partial charge >= 0.3 is 0 Å². The normalized spacial score (nSPS) is 11.9. The summed E-state index contributed by atoms with van der Waals surface area (Å²) < 4.78 is 11.3. The minimum absolute atomic E-state index is 0.0494. The molecular formula is C17H21NO2. The van der Waals surface area contributed by atoms with Gasteiger partial charge in [-0.2, -0.15) is 0 Å². The fraction of sp³-hybridized carbons (Fsp3) is 0.294. The third kappa shape index (κ3) is 3.75. The lowest BCUT2D eigenvalue weighted by molar-refractivity contribution is 0.338. The lowest BCUT2D eigenvalue weighted by atomic mass is 10.1. The molecule has 0 heterocycles. The van der Waals surface area contributed by atoms with Gasteiger partial charge in [-0.25, -0.2) is 0 Å². The summed E-state index contributed by atoms with van der Waals surface area (Å²) in [6, 6.07) is 15.6. The average molecular weight is 271 g/mol. The monoisotopic (exact) mass is 271 g/mol. The van der Waals surface area contributed by atoms with Gasteiger partial charge in [-0.3, -0.25) is 0 Å². The molecule has 0 aliphatic heterocycles. The summed E-state index contributed by atoms with van der Waals surface area (Å²) in [6.07, 6.45) is 0.906. The van der Waals surface area contributed by atoms with Gasteiger partial charge in [0, 0.05) is 12.1 Å². The van der Waals surface area contributed by atoms with Gasteiger partial charge in [-0.15, -0.1) is 0 Å². The van der Waals surface area contributed by atoms with Crippen molar-refractivity contribution in [1.29, 1.82) is 0 Å². The molecule has 0 fully saturated rings. The first-order valence-electron chi connectivity index (χ1n) is 6.99. The molecule has 0 aromatic heterocycles. The Morgan fingerprint density at radius 2 is 1.60 bits per heavy atom. The summed E-state index contributed by atoms with van der Waals surface area (Å²) in [5.41, 5.74) is 7.13. The summed E-state index contributed by atoms with van der Waals surface area (Å²) in [5, 5.41) is 0. The smallest absolute Gasteiger partial charge is 0.131 e. The van der Waals surface area contributed by atoms with Gasteiger partial charge in [-0.05, 0) is 43.2 Å². The van der Waals surface area contributed by atoms with Crippen LogP contribution < -0.4 is 15.2 Å². The van der Waals surface area contributed by atoms with Crippen LogP contribution in [0.15, 0.2) is 48.5 Å². The van der Waals surface area contributed by atoms with Crippen LogP contribution in [0, 0.1) is 0 Å². The third-order valence-corrected chi connectivity index (χ3v) is 3.08. The number of hydrogen-bond acceptors (Lipinski definition) is 3. The van der Waals surface area contributed by atoms with E-state index in [-0.39, 0.29) is 6.04 Å². The predicted octanol–water partition coefficient (Wildman–Crippen LogP) is 4.29. The maximum Gasteiger partial charge on any atom is 0.131 e. The van der Waals surface area contributed by atoms with Crippen molar-refractivity contribution in [3.05, 3.63) is 54.1 Å². The van der Waals surface area contributed by atoms with Gasteiger partial charge in [0.15, 0.2) is 0 Å². The van der Waals surface area contributed by atoms with Crippen LogP contribution in [0.5, 0.6) is 17.2 Å². The molecule has 1 unspecified atom stereocenters. The van der Waals surface area contributed by atoms with Crippen molar-refractivity contribution in [1.82, 2.24) is 0 Å². The van der Waals surface area contributed by atoms with Crippen LogP contribution in [0.4, 0.5) is 0 Å². The summed E-state index contributed by atoms with van der Waals surface area (Å²) in [7, 11) is 0. The van der Waals surface area contributed by atoms with Gasteiger partial charge in [0.05, 0.1) is 6.61 Å². The van der Waals surface area contributed by atoms with Crippen LogP contribution in [0.1, 0.15) is 31.9 Å². The highest BCUT2D eigenvalue weighted by atomic mass is 16.5. The molecule has 2 N–H and O–H groups in total. The van der Waals surface area contributed by atoms with Crippen LogP contribution >= 0.6 is 0 Å². The van der Waals surface area contributed by atoms with E-state index >= 15 is 0 Å². The van der Waals surface area contributed by atoms with Crippen LogP contribution in [0.2, 0.25) is 0 Å². The highest BCUT2D eigenvalue weighted by Gasteiger charge is 2.05. The van der Waals surface area contributed by atoms with Crippen molar-refractivity contribution >= 4 is 0 Å². The van der Waals surface area contributed by atoms with Crippen molar-refractivity contribution in [2.45, 2.75) is 26.3 Å². The first-order valence-corrected chi connectivity index (χ1v) is 6.99. The van der Waals surface area contributed by atoms with Crippen molar-refractivity contribution in [3.63, 3.8) is 0 Å². The maximum absolute atomic E-state index is 6.04.